The van der Waals surface area contributed by atoms with Gasteiger partial charge in [0.25, 0.3) is 0 Å². The van der Waals surface area contributed by atoms with E-state index in [2.05, 4.69) is 34.4 Å². The second-order valence-corrected chi connectivity index (χ2v) is 4.65. The molecular weight excluding hydrogens is 194 g/mol. The van der Waals surface area contributed by atoms with E-state index >= 15 is 0 Å². The van der Waals surface area contributed by atoms with E-state index in [1.165, 1.54) is 5.69 Å². The van der Waals surface area contributed by atoms with E-state index in [1.54, 1.807) is 11.3 Å². The molecule has 0 aromatic carbocycles. The molecule has 78 valence electrons. The van der Waals surface area contributed by atoms with Crippen molar-refractivity contribution in [2.24, 2.45) is 0 Å². The predicted octanol–water partition coefficient (Wildman–Crippen LogP) is 1.33. The van der Waals surface area contributed by atoms with Gasteiger partial charge in [0.05, 0.1) is 11.2 Å². The Bertz CT molecular complexity index is 273. The third-order valence-electron chi connectivity index (χ3n) is 3.01. The van der Waals surface area contributed by atoms with E-state index in [0.717, 1.165) is 19.6 Å². The zero-order valence-electron chi connectivity index (χ0n) is 8.73. The Labute approximate surface area is 89.1 Å². The summed E-state index contributed by atoms with van der Waals surface area (Å²) in [5, 5.41) is 5.62. The monoisotopic (exact) mass is 211 g/mol. The standard InChI is InChI=1S/C10H17N3S/c1-8-9(2)13(4-3-11-8)5-10-6-14-7-12-10/h6-9,11H,3-5H2,1-2H3. The summed E-state index contributed by atoms with van der Waals surface area (Å²) in [6, 6.07) is 1.19. The predicted molar refractivity (Wildman–Crippen MR) is 59.5 cm³/mol. The lowest BCUT2D eigenvalue weighted by Crippen LogP contribution is -2.54. The van der Waals surface area contributed by atoms with Crippen LogP contribution in [0.5, 0.6) is 0 Å². The van der Waals surface area contributed by atoms with E-state index in [0.29, 0.717) is 12.1 Å². The third kappa shape index (κ3) is 2.13. The van der Waals surface area contributed by atoms with E-state index in [1.807, 2.05) is 5.51 Å². The maximum Gasteiger partial charge on any atom is 0.0795 e. The molecule has 0 amide bonds. The molecule has 0 radical (unpaired) electrons. The second kappa shape index (κ2) is 4.38. The molecule has 1 aromatic heterocycles. The molecule has 3 nitrogen and oxygen atoms in total. The van der Waals surface area contributed by atoms with Gasteiger partial charge in [-0.05, 0) is 13.8 Å². The second-order valence-electron chi connectivity index (χ2n) is 3.93. The first-order valence-electron chi connectivity index (χ1n) is 5.12. The molecule has 0 bridgehead atoms. The van der Waals surface area contributed by atoms with Crippen LogP contribution in [0.4, 0.5) is 0 Å². The number of thiazole rings is 1. The van der Waals surface area contributed by atoms with Gasteiger partial charge in [0, 0.05) is 37.1 Å². The van der Waals surface area contributed by atoms with Crippen molar-refractivity contribution in [2.75, 3.05) is 13.1 Å². The van der Waals surface area contributed by atoms with Gasteiger partial charge in [0.2, 0.25) is 0 Å². The first-order valence-corrected chi connectivity index (χ1v) is 6.06. The van der Waals surface area contributed by atoms with Gasteiger partial charge in [0.1, 0.15) is 0 Å². The first kappa shape index (κ1) is 10.1. The van der Waals surface area contributed by atoms with Gasteiger partial charge in [-0.25, -0.2) is 4.98 Å². The molecule has 2 unspecified atom stereocenters. The zero-order chi connectivity index (χ0) is 9.97. The van der Waals surface area contributed by atoms with Crippen LogP contribution in [0.25, 0.3) is 0 Å². The molecule has 2 rings (SSSR count). The number of nitrogens with one attached hydrogen (secondary N) is 1. The van der Waals surface area contributed by atoms with Crippen molar-refractivity contribution >= 4 is 11.3 Å². The maximum absolute atomic E-state index is 4.33. The van der Waals surface area contributed by atoms with Gasteiger partial charge in [-0.3, -0.25) is 4.90 Å². The number of rotatable bonds is 2. The lowest BCUT2D eigenvalue weighted by molar-refractivity contribution is 0.129. The van der Waals surface area contributed by atoms with Gasteiger partial charge in [0.15, 0.2) is 0 Å². The Balaban J connectivity index is 1.97. The van der Waals surface area contributed by atoms with Crippen molar-refractivity contribution in [1.29, 1.82) is 0 Å². The van der Waals surface area contributed by atoms with Crippen LogP contribution >= 0.6 is 11.3 Å². The first-order chi connectivity index (χ1) is 6.77. The summed E-state index contributed by atoms with van der Waals surface area (Å²) in [7, 11) is 0. The molecule has 1 saturated heterocycles. The van der Waals surface area contributed by atoms with Crippen LogP contribution in [0.1, 0.15) is 19.5 Å². The molecule has 1 N–H and O–H groups in total. The molecule has 1 aliphatic rings. The molecule has 1 fully saturated rings. The summed E-state index contributed by atoms with van der Waals surface area (Å²) in [5.41, 5.74) is 3.11. The third-order valence-corrected chi connectivity index (χ3v) is 3.65. The van der Waals surface area contributed by atoms with Gasteiger partial charge >= 0.3 is 0 Å². The maximum atomic E-state index is 4.33. The fraction of sp³-hybridized carbons (Fsp3) is 0.700. The Morgan fingerprint density at radius 1 is 1.64 bits per heavy atom. The van der Waals surface area contributed by atoms with E-state index in [4.69, 9.17) is 0 Å². The van der Waals surface area contributed by atoms with E-state index in [-0.39, 0.29) is 0 Å². The number of hydrogen-bond donors (Lipinski definition) is 1. The average molecular weight is 211 g/mol. The lowest BCUT2D eigenvalue weighted by atomic mass is 10.1. The number of nitrogens with zero attached hydrogens (tertiary/aromatic N) is 2. The number of piperazine rings is 1. The molecular formula is C10H17N3S. The van der Waals surface area contributed by atoms with Crippen LogP contribution in [0.2, 0.25) is 0 Å². The zero-order valence-corrected chi connectivity index (χ0v) is 9.55. The Morgan fingerprint density at radius 2 is 2.50 bits per heavy atom. The smallest absolute Gasteiger partial charge is 0.0795 e. The molecule has 4 heteroatoms. The van der Waals surface area contributed by atoms with Crippen molar-refractivity contribution in [1.82, 2.24) is 15.2 Å². The van der Waals surface area contributed by atoms with Crippen LogP contribution in [0.3, 0.4) is 0 Å². The number of hydrogen-bond acceptors (Lipinski definition) is 4. The fourth-order valence-corrected chi connectivity index (χ4v) is 2.42. The van der Waals surface area contributed by atoms with Crippen LogP contribution in [-0.2, 0) is 6.54 Å². The minimum absolute atomic E-state index is 0.586. The summed E-state index contributed by atoms with van der Waals surface area (Å²) in [6.45, 7) is 7.75. The van der Waals surface area contributed by atoms with Crippen molar-refractivity contribution in [3.8, 4) is 0 Å². The highest BCUT2D eigenvalue weighted by molar-refractivity contribution is 7.07. The van der Waals surface area contributed by atoms with Gasteiger partial charge in [-0.2, -0.15) is 0 Å². The topological polar surface area (TPSA) is 28.2 Å². The van der Waals surface area contributed by atoms with Crippen molar-refractivity contribution in [3.63, 3.8) is 0 Å². The quantitative estimate of drug-likeness (QED) is 0.800. The highest BCUT2D eigenvalue weighted by atomic mass is 32.1. The normalized spacial score (nSPS) is 29.3. The van der Waals surface area contributed by atoms with Gasteiger partial charge in [-0.1, -0.05) is 0 Å². The van der Waals surface area contributed by atoms with Crippen molar-refractivity contribution in [3.05, 3.63) is 16.6 Å². The summed E-state index contributed by atoms with van der Waals surface area (Å²) in [5.74, 6) is 0. The molecule has 2 atom stereocenters. The molecule has 2 heterocycles. The van der Waals surface area contributed by atoms with Crippen molar-refractivity contribution in [2.45, 2.75) is 32.5 Å². The van der Waals surface area contributed by atoms with Gasteiger partial charge < -0.3 is 5.32 Å². The Morgan fingerprint density at radius 3 is 3.21 bits per heavy atom. The largest absolute Gasteiger partial charge is 0.311 e. The van der Waals surface area contributed by atoms with Crippen LogP contribution in [-0.4, -0.2) is 35.1 Å². The van der Waals surface area contributed by atoms with Crippen LogP contribution in [0, 0.1) is 0 Å². The Kier molecular flexibility index (Phi) is 3.15. The molecule has 14 heavy (non-hydrogen) atoms. The van der Waals surface area contributed by atoms with Gasteiger partial charge in [-0.15, -0.1) is 11.3 Å². The Hall–Kier alpha value is -0.450. The molecule has 0 saturated carbocycles. The highest BCUT2D eigenvalue weighted by Crippen LogP contribution is 2.13. The average Bonchev–Trinajstić information content (AvgIpc) is 2.66. The van der Waals surface area contributed by atoms with E-state index in [9.17, 15) is 0 Å². The van der Waals surface area contributed by atoms with Crippen molar-refractivity contribution < 1.29 is 0 Å². The van der Waals surface area contributed by atoms with Crippen LogP contribution in [0.15, 0.2) is 10.9 Å². The molecule has 0 spiro atoms. The molecule has 1 aromatic rings. The summed E-state index contributed by atoms with van der Waals surface area (Å²) in [4.78, 5) is 6.82. The van der Waals surface area contributed by atoms with E-state index < -0.39 is 0 Å². The minimum Gasteiger partial charge on any atom is -0.311 e. The summed E-state index contributed by atoms with van der Waals surface area (Å²) < 4.78 is 0. The summed E-state index contributed by atoms with van der Waals surface area (Å²) >= 11 is 1.68. The SMILES string of the molecule is CC1NCCN(Cc2cscn2)C1C. The molecule has 0 aliphatic carbocycles. The fourth-order valence-electron chi connectivity index (χ4n) is 1.87. The minimum atomic E-state index is 0.586. The number of aromatic nitrogens is 1. The molecule has 1 aliphatic heterocycles. The lowest BCUT2D eigenvalue weighted by Gasteiger charge is -2.38. The highest BCUT2D eigenvalue weighted by Gasteiger charge is 2.24. The van der Waals surface area contributed by atoms with Crippen LogP contribution < -0.4 is 5.32 Å². The summed E-state index contributed by atoms with van der Waals surface area (Å²) in [6.07, 6.45) is 0.